The summed E-state index contributed by atoms with van der Waals surface area (Å²) in [5, 5.41) is 16.3. The maximum atomic E-state index is 12.8. The minimum atomic E-state index is -5.08. The number of likely N-dealkylation sites (tertiary alicyclic amines) is 1. The van der Waals surface area contributed by atoms with Crippen molar-refractivity contribution in [1.29, 1.82) is 0 Å². The number of aliphatic carboxylic acids is 1. The average Bonchev–Trinajstić information content (AvgIpc) is 3.22. The number of carboxylic acid groups (broad SMARTS) is 1. The third-order valence-corrected chi connectivity index (χ3v) is 5.87. The van der Waals surface area contributed by atoms with E-state index in [0.717, 1.165) is 16.7 Å². The first kappa shape index (κ1) is 21.1. The Morgan fingerprint density at radius 2 is 2.11 bits per heavy atom. The number of thioether (sulfide) groups is 1. The van der Waals surface area contributed by atoms with Gasteiger partial charge in [-0.3, -0.25) is 19.6 Å². The van der Waals surface area contributed by atoms with E-state index in [1.165, 1.54) is 6.33 Å². The van der Waals surface area contributed by atoms with Gasteiger partial charge in [0.1, 0.15) is 18.1 Å². The summed E-state index contributed by atoms with van der Waals surface area (Å²) in [7, 11) is 0. The summed E-state index contributed by atoms with van der Waals surface area (Å²) >= 11 is 1.15. The van der Waals surface area contributed by atoms with Crippen molar-refractivity contribution in [3.05, 3.63) is 17.6 Å². The number of aromatic nitrogens is 3. The van der Waals surface area contributed by atoms with Gasteiger partial charge in [-0.1, -0.05) is 11.8 Å². The van der Waals surface area contributed by atoms with Crippen LogP contribution in [0.15, 0.2) is 22.8 Å². The molecule has 2 fully saturated rings. The molecule has 28 heavy (non-hydrogen) atoms. The molecule has 3 aliphatic rings. The third-order valence-electron chi connectivity index (χ3n) is 4.92. The van der Waals surface area contributed by atoms with Crippen LogP contribution in [0.2, 0.25) is 0 Å². The summed E-state index contributed by atoms with van der Waals surface area (Å²) in [6.45, 7) is -0.238. The van der Waals surface area contributed by atoms with Gasteiger partial charge in [-0.2, -0.15) is 13.2 Å². The first-order valence-corrected chi connectivity index (χ1v) is 8.83. The van der Waals surface area contributed by atoms with E-state index < -0.39 is 42.0 Å². The Bertz CT molecular complexity index is 862. The Balaban J connectivity index is 0.00000225. The molecule has 4 rings (SSSR count). The van der Waals surface area contributed by atoms with E-state index in [0.29, 0.717) is 15.6 Å². The molecule has 2 saturated heterocycles. The van der Waals surface area contributed by atoms with Crippen LogP contribution < -0.4 is 0 Å². The maximum absolute atomic E-state index is 12.8. The van der Waals surface area contributed by atoms with E-state index in [1.807, 2.05) is 0 Å². The summed E-state index contributed by atoms with van der Waals surface area (Å²) in [6, 6.07) is -1.98. The normalized spacial score (nSPS) is 26.0. The van der Waals surface area contributed by atoms with Gasteiger partial charge in [0, 0.05) is 18.2 Å². The number of carbonyl (C=O) groups excluding carboxylic acids is 2. The minimum absolute atomic E-state index is 0. The molecule has 1 aromatic heterocycles. The van der Waals surface area contributed by atoms with Crippen LogP contribution in [-0.4, -0.2) is 108 Å². The van der Waals surface area contributed by atoms with E-state index >= 15 is 0 Å². The van der Waals surface area contributed by atoms with E-state index in [1.54, 1.807) is 0 Å². The number of H-pyrrole nitrogens is 1. The Hall–Kier alpha value is -1.57. The fraction of sp³-hybridized carbons (Fsp3) is 0.500. The summed E-state index contributed by atoms with van der Waals surface area (Å²) in [4.78, 5) is 41.2. The first-order chi connectivity index (χ1) is 12.7. The van der Waals surface area contributed by atoms with Crippen LogP contribution in [0.4, 0.5) is 13.2 Å². The second kappa shape index (κ2) is 7.35. The monoisotopic (exact) mass is 427 g/mol. The van der Waals surface area contributed by atoms with E-state index in [2.05, 4.69) is 15.2 Å². The van der Waals surface area contributed by atoms with Gasteiger partial charge in [0.2, 0.25) is 5.16 Å². The van der Waals surface area contributed by atoms with Gasteiger partial charge in [0.15, 0.2) is 0 Å². The van der Waals surface area contributed by atoms with E-state index in [-0.39, 0.29) is 54.0 Å². The SMILES string of the molecule is O=C(O)C1=C(CSc2nc[nH]n2)C[C@@H]2CN(C(=O)C(F)(F)F)[C@@H]3C(=O)N1[C@H]23.[NaH]. The summed E-state index contributed by atoms with van der Waals surface area (Å²) in [5.41, 5.74) is 0.188. The molecular formula is C14H13F3N5NaO4S. The molecule has 0 aliphatic carbocycles. The number of aromatic amines is 1. The van der Waals surface area contributed by atoms with Gasteiger partial charge >= 0.3 is 47.6 Å². The topological polar surface area (TPSA) is 119 Å². The predicted octanol–water partition coefficient (Wildman–Crippen LogP) is -0.409. The number of nitrogens with one attached hydrogen (secondary N) is 1. The molecule has 4 heterocycles. The Kier molecular flexibility index (Phi) is 5.55. The van der Waals surface area contributed by atoms with Crippen LogP contribution in [0.25, 0.3) is 0 Å². The second-order valence-electron chi connectivity index (χ2n) is 6.39. The Morgan fingerprint density at radius 1 is 1.39 bits per heavy atom. The van der Waals surface area contributed by atoms with Crippen LogP contribution in [0.3, 0.4) is 0 Å². The second-order valence-corrected chi connectivity index (χ2v) is 7.33. The van der Waals surface area contributed by atoms with E-state index in [4.69, 9.17) is 0 Å². The number of rotatable bonds is 4. The average molecular weight is 427 g/mol. The van der Waals surface area contributed by atoms with Crippen LogP contribution >= 0.6 is 11.8 Å². The molecule has 0 saturated carbocycles. The summed E-state index contributed by atoms with van der Waals surface area (Å²) in [6.07, 6.45) is -3.54. The van der Waals surface area contributed by atoms with Gasteiger partial charge in [0.25, 0.3) is 5.91 Å². The van der Waals surface area contributed by atoms with Crippen LogP contribution in [-0.2, 0) is 14.4 Å². The number of carbonyl (C=O) groups is 3. The van der Waals surface area contributed by atoms with Crippen molar-refractivity contribution >= 4 is 59.1 Å². The summed E-state index contributed by atoms with van der Waals surface area (Å²) in [5.74, 6) is -4.46. The molecular weight excluding hydrogens is 414 g/mol. The number of carboxylic acids is 1. The molecule has 0 unspecified atom stereocenters. The molecule has 0 aromatic carbocycles. The fourth-order valence-corrected chi connectivity index (χ4v) is 4.76. The zero-order chi connectivity index (χ0) is 19.5. The van der Waals surface area contributed by atoms with Crippen molar-refractivity contribution < 1.29 is 32.7 Å². The third kappa shape index (κ3) is 3.23. The zero-order valence-electron chi connectivity index (χ0n) is 13.4. The fourth-order valence-electron chi connectivity index (χ4n) is 3.96. The molecule has 2 N–H and O–H groups in total. The van der Waals surface area contributed by atoms with Gasteiger partial charge in [-0.25, -0.2) is 9.78 Å². The van der Waals surface area contributed by atoms with Crippen LogP contribution in [0.5, 0.6) is 0 Å². The number of amides is 2. The van der Waals surface area contributed by atoms with Crippen molar-refractivity contribution in [2.75, 3.05) is 12.3 Å². The van der Waals surface area contributed by atoms with Gasteiger partial charge in [-0.05, 0) is 12.0 Å². The quantitative estimate of drug-likeness (QED) is 0.381. The van der Waals surface area contributed by atoms with Gasteiger partial charge in [-0.15, -0.1) is 5.10 Å². The molecule has 3 aliphatic heterocycles. The molecule has 2 amide bonds. The van der Waals surface area contributed by atoms with Crippen LogP contribution in [0.1, 0.15) is 6.42 Å². The Labute approximate surface area is 182 Å². The molecule has 3 atom stereocenters. The standard InChI is InChI=1S/C14H12F3N5O4S.Na.H/c15-14(16,17)12(26)21-2-5-1-6(3-27-13-18-4-19-20-13)8(11(24)25)22-7(5)9(21)10(22)23;;/h4-5,7,9H,1-3H2,(H,24,25)(H,18,19,20);;/t5-,7-,9+;;/m1../s1. The van der Waals surface area contributed by atoms with E-state index in [9.17, 15) is 32.7 Å². The molecule has 0 spiro atoms. The van der Waals surface area contributed by atoms with Crippen molar-refractivity contribution in [3.8, 4) is 0 Å². The van der Waals surface area contributed by atoms with Gasteiger partial charge in [0.05, 0.1) is 6.04 Å². The Morgan fingerprint density at radius 3 is 2.68 bits per heavy atom. The van der Waals surface area contributed by atoms with Gasteiger partial charge < -0.3 is 10.0 Å². The molecule has 0 radical (unpaired) electrons. The van der Waals surface area contributed by atoms with Crippen molar-refractivity contribution in [2.24, 2.45) is 5.92 Å². The van der Waals surface area contributed by atoms with Crippen LogP contribution in [0, 0.1) is 5.92 Å². The molecule has 1 aromatic rings. The number of hydrogen-bond donors (Lipinski definition) is 2. The molecule has 0 bridgehead atoms. The number of hydrogen-bond acceptors (Lipinski definition) is 6. The molecule has 9 nitrogen and oxygen atoms in total. The van der Waals surface area contributed by atoms with Crippen molar-refractivity contribution in [2.45, 2.75) is 29.8 Å². The number of β-lactam (4-membered cyclic amide) rings is 1. The number of halogens is 3. The zero-order valence-corrected chi connectivity index (χ0v) is 14.3. The summed E-state index contributed by atoms with van der Waals surface area (Å²) < 4.78 is 38.4. The first-order valence-electron chi connectivity index (χ1n) is 7.85. The van der Waals surface area contributed by atoms with Crippen molar-refractivity contribution in [1.82, 2.24) is 25.0 Å². The van der Waals surface area contributed by atoms with Crippen molar-refractivity contribution in [3.63, 3.8) is 0 Å². The molecule has 14 heteroatoms. The number of alkyl halides is 3. The molecule has 146 valence electrons. The number of nitrogens with zero attached hydrogens (tertiary/aromatic N) is 4. The predicted molar refractivity (Wildman–Crippen MR) is 89.2 cm³/mol.